The van der Waals surface area contributed by atoms with Crippen LogP contribution in [0.25, 0.3) is 33.2 Å². The number of phenolic OH excluding ortho intramolecular Hbond substituents is 1. The van der Waals surface area contributed by atoms with Crippen molar-refractivity contribution in [2.75, 3.05) is 5.75 Å². The Morgan fingerprint density at radius 3 is 2.00 bits per heavy atom. The van der Waals surface area contributed by atoms with Crippen molar-refractivity contribution < 1.29 is 24.2 Å². The number of carbonyl (C=O) groups is 2. The molecule has 7 heteroatoms. The van der Waals surface area contributed by atoms with Crippen LogP contribution < -0.4 is 5.32 Å². The second-order valence-corrected chi connectivity index (χ2v) is 12.2. The number of fused-ring (bicyclic) bond motifs is 1. The molecule has 46 heavy (non-hydrogen) atoms. The number of amides is 1. The van der Waals surface area contributed by atoms with Crippen LogP contribution in [0.1, 0.15) is 22.5 Å². The average molecular weight is 628 g/mol. The largest absolute Gasteiger partial charge is 0.508 e. The average Bonchev–Trinajstić information content (AvgIpc) is 3.44. The van der Waals surface area contributed by atoms with E-state index in [1.807, 2.05) is 36.4 Å². The molecule has 3 N–H and O–H groups in total. The van der Waals surface area contributed by atoms with E-state index in [1.165, 1.54) is 29.5 Å². The van der Waals surface area contributed by atoms with E-state index < -0.39 is 12.0 Å². The number of hydrogen-bond donors (Lipinski definition) is 3. The van der Waals surface area contributed by atoms with Crippen LogP contribution in [0, 0.1) is 0 Å². The predicted molar refractivity (Wildman–Crippen MR) is 184 cm³/mol. The molecule has 0 radical (unpaired) electrons. The van der Waals surface area contributed by atoms with Gasteiger partial charge in [0.2, 0.25) is 5.91 Å². The first kappa shape index (κ1) is 30.7. The lowest BCUT2D eigenvalue weighted by molar-refractivity contribution is -0.141. The Morgan fingerprint density at radius 1 is 0.696 bits per heavy atom. The summed E-state index contributed by atoms with van der Waals surface area (Å²) in [5.74, 6) is 0.485. The lowest BCUT2D eigenvalue weighted by Crippen LogP contribution is -2.43. The number of benzene rings is 5. The molecule has 6 aromatic rings. The Hall–Kier alpha value is -5.27. The normalized spacial score (nSPS) is 11.7. The molecule has 1 atom stereocenters. The number of carboxylic acid groups (broad SMARTS) is 1. The minimum absolute atomic E-state index is 0.0463. The highest BCUT2D eigenvalue weighted by Crippen LogP contribution is 2.37. The molecule has 5 aromatic carbocycles. The first-order valence-electron chi connectivity index (χ1n) is 15.0. The predicted octanol–water partition coefficient (Wildman–Crippen LogP) is 8.11. The number of hydrogen-bond acceptors (Lipinski definition) is 5. The van der Waals surface area contributed by atoms with E-state index in [0.717, 1.165) is 44.5 Å². The Labute approximate surface area is 271 Å². The quantitative estimate of drug-likeness (QED) is 0.127. The molecule has 6 rings (SSSR count). The molecule has 0 unspecified atom stereocenters. The fourth-order valence-electron chi connectivity index (χ4n) is 5.46. The Morgan fingerprint density at radius 2 is 1.30 bits per heavy atom. The van der Waals surface area contributed by atoms with Gasteiger partial charge >= 0.3 is 5.97 Å². The number of carboxylic acids is 1. The lowest BCUT2D eigenvalue weighted by Gasteiger charge is -2.14. The topological polar surface area (TPSA) is 99.8 Å². The van der Waals surface area contributed by atoms with Gasteiger partial charge in [0.15, 0.2) is 0 Å². The molecule has 1 heterocycles. The van der Waals surface area contributed by atoms with Crippen LogP contribution in [0.3, 0.4) is 0 Å². The molecule has 1 amide bonds. The molecule has 0 aliphatic rings. The molecule has 230 valence electrons. The maximum absolute atomic E-state index is 12.4. The van der Waals surface area contributed by atoms with Gasteiger partial charge in [-0.2, -0.15) is 11.8 Å². The maximum atomic E-state index is 12.4. The summed E-state index contributed by atoms with van der Waals surface area (Å²) in [5.41, 5.74) is 8.27. The van der Waals surface area contributed by atoms with Gasteiger partial charge in [-0.25, -0.2) is 4.79 Å². The fraction of sp³-hybridized carbons (Fsp3) is 0.128. The second kappa shape index (κ2) is 14.2. The highest BCUT2D eigenvalue weighted by atomic mass is 32.2. The van der Waals surface area contributed by atoms with Gasteiger partial charge < -0.3 is 19.9 Å². The molecule has 0 fully saturated rings. The maximum Gasteiger partial charge on any atom is 0.327 e. The van der Waals surface area contributed by atoms with Crippen molar-refractivity contribution in [3.05, 3.63) is 150 Å². The van der Waals surface area contributed by atoms with Gasteiger partial charge in [-0.3, -0.25) is 4.79 Å². The highest BCUT2D eigenvalue weighted by molar-refractivity contribution is 7.98. The summed E-state index contributed by atoms with van der Waals surface area (Å²) in [7, 11) is 0. The summed E-state index contributed by atoms with van der Waals surface area (Å²) in [4.78, 5) is 24.2. The van der Waals surface area contributed by atoms with Crippen LogP contribution in [0.15, 0.2) is 132 Å². The van der Waals surface area contributed by atoms with Crippen LogP contribution in [-0.4, -0.2) is 33.9 Å². The number of furan rings is 1. The summed E-state index contributed by atoms with van der Waals surface area (Å²) in [6.07, 6.45) is 0.760. The standard InChI is InChI=1S/C39H33NO5S/c41-32-20-12-27(13-21-32)23-37(42)40-34(39(43)44)25-46-24-28-10-14-29(15-11-28)30-16-18-31(19-17-30)38-33-8-4-5-9-35(33)45-36(38)22-26-6-2-1-3-7-26/h1-21,34,41H,22-25H2,(H,40,42)(H,43,44)/t34-/m0/s1. The zero-order chi connectivity index (χ0) is 31.9. The van der Waals surface area contributed by atoms with E-state index in [2.05, 4.69) is 72.0 Å². The van der Waals surface area contributed by atoms with Gasteiger partial charge in [0.05, 0.1) is 6.42 Å². The van der Waals surface area contributed by atoms with Crippen LogP contribution >= 0.6 is 11.8 Å². The van der Waals surface area contributed by atoms with E-state index in [-0.39, 0.29) is 23.8 Å². The molecule has 0 saturated carbocycles. The number of rotatable bonds is 12. The summed E-state index contributed by atoms with van der Waals surface area (Å²) in [6.45, 7) is 0. The number of phenols is 1. The Bertz CT molecular complexity index is 1930. The number of aliphatic carboxylic acids is 1. The molecule has 0 saturated heterocycles. The summed E-state index contributed by atoms with van der Waals surface area (Å²) in [5, 5.41) is 22.7. The van der Waals surface area contributed by atoms with Gasteiger partial charge in [-0.15, -0.1) is 0 Å². The first-order chi connectivity index (χ1) is 22.4. The zero-order valence-corrected chi connectivity index (χ0v) is 25.9. The molecule has 1 aromatic heterocycles. The Balaban J connectivity index is 1.08. The van der Waals surface area contributed by atoms with Gasteiger partial charge in [0.1, 0.15) is 23.1 Å². The number of para-hydroxylation sites is 1. The monoisotopic (exact) mass is 627 g/mol. The van der Waals surface area contributed by atoms with E-state index in [1.54, 1.807) is 12.1 Å². The number of carbonyl (C=O) groups excluding carboxylic acids is 1. The number of aromatic hydroxyl groups is 1. The SMILES string of the molecule is O=C(Cc1ccc(O)cc1)N[C@@H](CSCc1ccc(-c2ccc(-c3c(Cc4ccccc4)oc4ccccc34)cc2)cc1)C(=O)O. The third-order valence-electron chi connectivity index (χ3n) is 7.82. The lowest BCUT2D eigenvalue weighted by atomic mass is 9.96. The Kier molecular flexibility index (Phi) is 9.51. The van der Waals surface area contributed by atoms with Crippen LogP contribution in [0.2, 0.25) is 0 Å². The van der Waals surface area contributed by atoms with Crippen molar-refractivity contribution in [1.82, 2.24) is 5.32 Å². The third-order valence-corrected chi connectivity index (χ3v) is 8.93. The van der Waals surface area contributed by atoms with E-state index in [0.29, 0.717) is 17.7 Å². The highest BCUT2D eigenvalue weighted by Gasteiger charge is 2.20. The smallest absolute Gasteiger partial charge is 0.327 e. The van der Waals surface area contributed by atoms with Crippen molar-refractivity contribution in [3.8, 4) is 28.0 Å². The minimum Gasteiger partial charge on any atom is -0.508 e. The van der Waals surface area contributed by atoms with Crippen molar-refractivity contribution in [1.29, 1.82) is 0 Å². The van der Waals surface area contributed by atoms with Gasteiger partial charge in [-0.05, 0) is 51.6 Å². The number of thioether (sulfide) groups is 1. The van der Waals surface area contributed by atoms with E-state index >= 15 is 0 Å². The minimum atomic E-state index is -1.07. The van der Waals surface area contributed by atoms with Crippen molar-refractivity contribution >= 4 is 34.6 Å². The molecule has 0 spiro atoms. The molecule has 0 aliphatic carbocycles. The van der Waals surface area contributed by atoms with Crippen molar-refractivity contribution in [3.63, 3.8) is 0 Å². The summed E-state index contributed by atoms with van der Waals surface area (Å²) in [6, 6.07) is 40.6. The molecule has 6 nitrogen and oxygen atoms in total. The summed E-state index contributed by atoms with van der Waals surface area (Å²) >= 11 is 1.46. The van der Waals surface area contributed by atoms with Crippen LogP contribution in [-0.2, 0) is 28.2 Å². The summed E-state index contributed by atoms with van der Waals surface area (Å²) < 4.78 is 6.33. The third kappa shape index (κ3) is 7.50. The molecule has 0 bridgehead atoms. The van der Waals surface area contributed by atoms with Gasteiger partial charge in [0, 0.05) is 28.9 Å². The second-order valence-electron chi connectivity index (χ2n) is 11.1. The zero-order valence-electron chi connectivity index (χ0n) is 25.1. The van der Waals surface area contributed by atoms with Gasteiger partial charge in [0.25, 0.3) is 0 Å². The van der Waals surface area contributed by atoms with Crippen LogP contribution in [0.4, 0.5) is 0 Å². The fourth-order valence-corrected chi connectivity index (χ4v) is 6.46. The van der Waals surface area contributed by atoms with E-state index in [9.17, 15) is 19.8 Å². The van der Waals surface area contributed by atoms with Gasteiger partial charge in [-0.1, -0.05) is 109 Å². The first-order valence-corrected chi connectivity index (χ1v) is 16.2. The van der Waals surface area contributed by atoms with Crippen molar-refractivity contribution in [2.45, 2.75) is 24.6 Å². The van der Waals surface area contributed by atoms with E-state index in [4.69, 9.17) is 4.42 Å². The number of nitrogens with one attached hydrogen (secondary N) is 1. The van der Waals surface area contributed by atoms with Crippen LogP contribution in [0.5, 0.6) is 5.75 Å². The molecule has 0 aliphatic heterocycles. The molecular weight excluding hydrogens is 594 g/mol. The van der Waals surface area contributed by atoms with Crippen molar-refractivity contribution in [2.24, 2.45) is 0 Å². The molecular formula is C39H33NO5S.